The number of pyridine rings is 1. The second-order valence-corrected chi connectivity index (χ2v) is 6.73. The number of aryl methyl sites for hydroxylation is 3. The van der Waals surface area contributed by atoms with E-state index in [4.69, 9.17) is 0 Å². The van der Waals surface area contributed by atoms with Gasteiger partial charge >= 0.3 is 0 Å². The largest absolute Gasteiger partial charge is 0.357 e. The molecule has 1 heterocycles. The predicted molar refractivity (Wildman–Crippen MR) is 107 cm³/mol. The summed E-state index contributed by atoms with van der Waals surface area (Å²) in [6, 6.07) is 14.8. The van der Waals surface area contributed by atoms with E-state index in [1.807, 2.05) is 12.3 Å². The lowest BCUT2D eigenvalue weighted by Crippen LogP contribution is -2.22. The van der Waals surface area contributed by atoms with E-state index >= 15 is 0 Å². The number of fused-ring (bicyclic) bond motifs is 1. The van der Waals surface area contributed by atoms with Crippen LogP contribution in [0.5, 0.6) is 0 Å². The van der Waals surface area contributed by atoms with Crippen LogP contribution in [0, 0.1) is 20.8 Å². The van der Waals surface area contributed by atoms with E-state index in [0.29, 0.717) is 0 Å². The van der Waals surface area contributed by atoms with Crippen LogP contribution in [0.3, 0.4) is 0 Å². The van der Waals surface area contributed by atoms with E-state index < -0.39 is 0 Å². The summed E-state index contributed by atoms with van der Waals surface area (Å²) in [7, 11) is 2.06. The Labute approximate surface area is 150 Å². The zero-order valence-electron chi connectivity index (χ0n) is 15.4. The maximum absolute atomic E-state index is 4.38. The fourth-order valence-corrected chi connectivity index (χ4v) is 3.21. The third-order valence-corrected chi connectivity index (χ3v) is 4.49. The second-order valence-electron chi connectivity index (χ2n) is 6.73. The van der Waals surface area contributed by atoms with Gasteiger partial charge in [0.25, 0.3) is 0 Å². The van der Waals surface area contributed by atoms with Gasteiger partial charge in [0, 0.05) is 30.9 Å². The van der Waals surface area contributed by atoms with Crippen molar-refractivity contribution in [3.63, 3.8) is 0 Å². The molecule has 0 amide bonds. The van der Waals surface area contributed by atoms with Crippen LogP contribution in [-0.2, 0) is 6.54 Å². The molecule has 128 valence electrons. The fourth-order valence-electron chi connectivity index (χ4n) is 3.21. The van der Waals surface area contributed by atoms with Crippen LogP contribution in [0.2, 0.25) is 0 Å². The second kappa shape index (κ2) is 6.98. The first-order chi connectivity index (χ1) is 11.9. The zero-order valence-corrected chi connectivity index (χ0v) is 15.4. The number of hydrogen-bond donors (Lipinski definition) is 1. The third kappa shape index (κ3) is 3.82. The van der Waals surface area contributed by atoms with E-state index in [2.05, 4.69) is 86.0 Å². The summed E-state index contributed by atoms with van der Waals surface area (Å²) in [5.74, 6) is 0.890. The predicted octanol–water partition coefficient (Wildman–Crippen LogP) is 5.18. The average Bonchev–Trinajstić information content (AvgIpc) is 2.57. The number of rotatable bonds is 5. The summed E-state index contributed by atoms with van der Waals surface area (Å²) in [4.78, 5) is 6.51. The Morgan fingerprint density at radius 3 is 2.52 bits per heavy atom. The lowest BCUT2D eigenvalue weighted by Gasteiger charge is -2.25. The van der Waals surface area contributed by atoms with Crippen molar-refractivity contribution >= 4 is 16.6 Å². The topological polar surface area (TPSA) is 28.2 Å². The molecule has 0 radical (unpaired) electrons. The molecule has 3 aromatic rings. The van der Waals surface area contributed by atoms with Crippen LogP contribution in [-0.4, -0.2) is 16.9 Å². The highest BCUT2D eigenvalue weighted by Crippen LogP contribution is 2.24. The van der Waals surface area contributed by atoms with E-state index in [-0.39, 0.29) is 0 Å². The standard InChI is InChI=1S/C22H25N3/c1-15-11-16(2)22(17(3)12-15)24-18(4)25(5)14-19-8-9-21-20(13-19)7-6-10-23-21/h6-13,24H,4,14H2,1-3,5H3. The number of nitrogens with zero attached hydrogens (tertiary/aromatic N) is 2. The van der Waals surface area contributed by atoms with Gasteiger partial charge < -0.3 is 10.2 Å². The van der Waals surface area contributed by atoms with E-state index in [1.165, 1.54) is 22.3 Å². The van der Waals surface area contributed by atoms with Crippen LogP contribution in [0.15, 0.2) is 61.1 Å². The molecule has 0 saturated carbocycles. The number of benzene rings is 2. The Morgan fingerprint density at radius 2 is 1.80 bits per heavy atom. The molecule has 1 aromatic heterocycles. The first kappa shape index (κ1) is 17.0. The highest BCUT2D eigenvalue weighted by Gasteiger charge is 2.09. The van der Waals surface area contributed by atoms with Crippen molar-refractivity contribution < 1.29 is 0 Å². The molecule has 0 unspecified atom stereocenters. The third-order valence-electron chi connectivity index (χ3n) is 4.49. The van der Waals surface area contributed by atoms with Gasteiger partial charge in [0.1, 0.15) is 0 Å². The highest BCUT2D eigenvalue weighted by atomic mass is 15.2. The van der Waals surface area contributed by atoms with E-state index in [1.54, 1.807) is 0 Å². The summed E-state index contributed by atoms with van der Waals surface area (Å²) < 4.78 is 0. The highest BCUT2D eigenvalue weighted by molar-refractivity contribution is 5.78. The lowest BCUT2D eigenvalue weighted by molar-refractivity contribution is 0.418. The quantitative estimate of drug-likeness (QED) is 0.698. The van der Waals surface area contributed by atoms with Crippen LogP contribution >= 0.6 is 0 Å². The van der Waals surface area contributed by atoms with Gasteiger partial charge in [0.2, 0.25) is 0 Å². The van der Waals surface area contributed by atoms with E-state index in [0.717, 1.165) is 29.0 Å². The summed E-state index contributed by atoms with van der Waals surface area (Å²) in [6.07, 6.45) is 1.83. The molecule has 0 aliphatic rings. The summed E-state index contributed by atoms with van der Waals surface area (Å²) in [6.45, 7) is 11.4. The molecule has 0 aliphatic carbocycles. The molecular formula is C22H25N3. The van der Waals surface area contributed by atoms with Gasteiger partial charge in [-0.15, -0.1) is 0 Å². The molecule has 1 N–H and O–H groups in total. The van der Waals surface area contributed by atoms with Gasteiger partial charge in [0.15, 0.2) is 0 Å². The molecule has 0 spiro atoms. The molecule has 2 aromatic carbocycles. The molecule has 0 fully saturated rings. The van der Waals surface area contributed by atoms with Crippen molar-refractivity contribution in [3.8, 4) is 0 Å². The van der Waals surface area contributed by atoms with Gasteiger partial charge in [0.05, 0.1) is 11.3 Å². The maximum Gasteiger partial charge on any atom is 0.0984 e. The smallest absolute Gasteiger partial charge is 0.0984 e. The molecule has 0 aliphatic heterocycles. The van der Waals surface area contributed by atoms with Crippen molar-refractivity contribution in [3.05, 3.63) is 83.3 Å². The van der Waals surface area contributed by atoms with Crippen molar-refractivity contribution in [2.75, 3.05) is 12.4 Å². The molecule has 3 nitrogen and oxygen atoms in total. The van der Waals surface area contributed by atoms with Crippen molar-refractivity contribution in [2.24, 2.45) is 0 Å². The molecule has 25 heavy (non-hydrogen) atoms. The SMILES string of the molecule is C=C(Nc1c(C)cc(C)cc1C)N(C)Cc1ccc2ncccc2c1. The number of anilines is 1. The molecule has 3 heteroatoms. The molecule has 3 rings (SSSR count). The van der Waals surface area contributed by atoms with Crippen LogP contribution < -0.4 is 5.32 Å². The molecule has 0 bridgehead atoms. The van der Waals surface area contributed by atoms with Crippen molar-refractivity contribution in [1.29, 1.82) is 0 Å². The van der Waals surface area contributed by atoms with Crippen LogP contribution in [0.1, 0.15) is 22.3 Å². The Bertz CT molecular complexity index is 904. The number of hydrogen-bond acceptors (Lipinski definition) is 3. The summed E-state index contributed by atoms with van der Waals surface area (Å²) >= 11 is 0. The Kier molecular flexibility index (Phi) is 4.75. The minimum absolute atomic E-state index is 0.792. The first-order valence-electron chi connectivity index (χ1n) is 8.52. The summed E-state index contributed by atoms with van der Waals surface area (Å²) in [5, 5.41) is 4.65. The van der Waals surface area contributed by atoms with E-state index in [9.17, 15) is 0 Å². The Balaban J connectivity index is 1.74. The Morgan fingerprint density at radius 1 is 1.08 bits per heavy atom. The monoisotopic (exact) mass is 331 g/mol. The van der Waals surface area contributed by atoms with Crippen LogP contribution in [0.25, 0.3) is 10.9 Å². The van der Waals surface area contributed by atoms with Gasteiger partial charge in [-0.3, -0.25) is 4.98 Å². The Hall–Kier alpha value is -2.81. The van der Waals surface area contributed by atoms with Gasteiger partial charge in [-0.25, -0.2) is 0 Å². The normalized spacial score (nSPS) is 10.7. The number of nitrogens with one attached hydrogen (secondary N) is 1. The minimum Gasteiger partial charge on any atom is -0.357 e. The van der Waals surface area contributed by atoms with Gasteiger partial charge in [-0.05, 0) is 55.7 Å². The minimum atomic E-state index is 0.792. The number of aromatic nitrogens is 1. The van der Waals surface area contributed by atoms with Gasteiger partial charge in [-0.2, -0.15) is 0 Å². The average molecular weight is 331 g/mol. The molecule has 0 saturated heterocycles. The van der Waals surface area contributed by atoms with Crippen molar-refractivity contribution in [2.45, 2.75) is 27.3 Å². The first-order valence-corrected chi connectivity index (χ1v) is 8.52. The van der Waals surface area contributed by atoms with Crippen molar-refractivity contribution in [1.82, 2.24) is 9.88 Å². The summed E-state index contributed by atoms with van der Waals surface area (Å²) in [5.41, 5.74) is 7.17. The molecular weight excluding hydrogens is 306 g/mol. The van der Waals surface area contributed by atoms with Gasteiger partial charge in [-0.1, -0.05) is 36.4 Å². The fraction of sp³-hybridized carbons (Fsp3) is 0.227. The lowest BCUT2D eigenvalue weighted by atomic mass is 10.1. The zero-order chi connectivity index (χ0) is 18.0. The molecule has 0 atom stereocenters. The van der Waals surface area contributed by atoms with Crippen LogP contribution in [0.4, 0.5) is 5.69 Å². The maximum atomic E-state index is 4.38.